The van der Waals surface area contributed by atoms with Crippen molar-refractivity contribution in [3.63, 3.8) is 0 Å². The van der Waals surface area contributed by atoms with E-state index in [1.54, 1.807) is 0 Å². The van der Waals surface area contributed by atoms with Crippen molar-refractivity contribution in [2.45, 2.75) is 39.3 Å². The van der Waals surface area contributed by atoms with Crippen LogP contribution < -0.4 is 15.6 Å². The van der Waals surface area contributed by atoms with Crippen LogP contribution in [-0.4, -0.2) is 46.3 Å². The Labute approximate surface area is 133 Å². The van der Waals surface area contributed by atoms with Crippen molar-refractivity contribution in [1.82, 2.24) is 0 Å². The van der Waals surface area contributed by atoms with Gasteiger partial charge in [-0.2, -0.15) is 0 Å². The van der Waals surface area contributed by atoms with Crippen molar-refractivity contribution in [3.05, 3.63) is 18.2 Å². The second-order valence-corrected chi connectivity index (χ2v) is 18.7. The van der Waals surface area contributed by atoms with Crippen LogP contribution in [0.3, 0.4) is 0 Å². The molecule has 0 bridgehead atoms. The zero-order valence-corrected chi connectivity index (χ0v) is 18.0. The van der Waals surface area contributed by atoms with Crippen LogP contribution in [0.4, 0.5) is 0 Å². The fourth-order valence-corrected chi connectivity index (χ4v) is 10.8. The summed E-state index contributed by atoms with van der Waals surface area (Å²) >= 11 is 0. The normalized spacial score (nSPS) is 13.6. The zero-order valence-electron chi connectivity index (χ0n) is 15.0. The molecule has 0 heterocycles. The van der Waals surface area contributed by atoms with Crippen LogP contribution in [-0.2, 0) is 13.3 Å². The van der Waals surface area contributed by atoms with Crippen molar-refractivity contribution in [3.8, 4) is 0 Å². The maximum absolute atomic E-state index is 5.96. The van der Waals surface area contributed by atoms with E-state index in [0.717, 1.165) is 0 Å². The summed E-state index contributed by atoms with van der Waals surface area (Å²) < 4.78 is 17.7. The maximum atomic E-state index is 5.96. The average Bonchev–Trinajstić information content (AvgIpc) is 2.46. The quantitative estimate of drug-likeness (QED) is 0.739. The SMILES string of the molecule is CO[Si](C)(C)c1cccc([Si](C)(C)OC)c1[Si](C)(C)OC. The van der Waals surface area contributed by atoms with Gasteiger partial charge in [0.15, 0.2) is 0 Å². The molecule has 0 aliphatic rings. The predicted octanol–water partition coefficient (Wildman–Crippen LogP) is 1.86. The van der Waals surface area contributed by atoms with Crippen molar-refractivity contribution in [2.75, 3.05) is 21.3 Å². The summed E-state index contributed by atoms with van der Waals surface area (Å²) in [5.74, 6) is 0. The molecule has 0 N–H and O–H groups in total. The lowest BCUT2D eigenvalue weighted by Crippen LogP contribution is -2.69. The van der Waals surface area contributed by atoms with Gasteiger partial charge in [-0.1, -0.05) is 18.2 Å². The third-order valence-corrected chi connectivity index (χ3v) is 13.2. The van der Waals surface area contributed by atoms with Gasteiger partial charge in [-0.15, -0.1) is 0 Å². The largest absolute Gasteiger partial charge is 0.416 e. The molecule has 0 spiro atoms. The molecule has 0 amide bonds. The molecule has 1 aromatic rings. The Morgan fingerprint density at radius 3 is 1.24 bits per heavy atom. The molecule has 1 aromatic carbocycles. The average molecular weight is 343 g/mol. The number of rotatable bonds is 6. The number of hydrogen-bond acceptors (Lipinski definition) is 3. The Balaban J connectivity index is 3.73. The summed E-state index contributed by atoms with van der Waals surface area (Å²) in [6.45, 7) is 13.5. The summed E-state index contributed by atoms with van der Waals surface area (Å²) in [6.07, 6.45) is 0. The highest BCUT2D eigenvalue weighted by atomic mass is 28.4. The van der Waals surface area contributed by atoms with E-state index < -0.39 is 25.0 Å². The Bertz CT molecular complexity index is 465. The Morgan fingerprint density at radius 2 is 0.952 bits per heavy atom. The summed E-state index contributed by atoms with van der Waals surface area (Å²) in [5, 5.41) is 4.11. The van der Waals surface area contributed by atoms with Crippen LogP contribution in [0, 0.1) is 0 Å². The summed E-state index contributed by atoms with van der Waals surface area (Å²) in [4.78, 5) is 0. The first-order valence-electron chi connectivity index (χ1n) is 7.33. The van der Waals surface area contributed by atoms with Gasteiger partial charge >= 0.3 is 0 Å². The first-order chi connectivity index (χ1) is 9.53. The lowest BCUT2D eigenvalue weighted by Gasteiger charge is -2.35. The van der Waals surface area contributed by atoms with Crippen molar-refractivity contribution in [2.24, 2.45) is 0 Å². The Morgan fingerprint density at radius 1 is 0.619 bits per heavy atom. The number of hydrogen-bond donors (Lipinski definition) is 0. The maximum Gasteiger partial charge on any atom is 0.217 e. The molecule has 0 radical (unpaired) electrons. The summed E-state index contributed by atoms with van der Waals surface area (Å²) in [7, 11) is -0.363. The van der Waals surface area contributed by atoms with E-state index in [9.17, 15) is 0 Å². The van der Waals surface area contributed by atoms with Gasteiger partial charge in [-0.05, 0) is 54.8 Å². The van der Waals surface area contributed by atoms with Crippen LogP contribution in [0.5, 0.6) is 0 Å². The van der Waals surface area contributed by atoms with Gasteiger partial charge in [0, 0.05) is 21.3 Å². The van der Waals surface area contributed by atoms with E-state index in [2.05, 4.69) is 57.5 Å². The van der Waals surface area contributed by atoms with Crippen LogP contribution in [0.1, 0.15) is 0 Å². The van der Waals surface area contributed by atoms with Crippen LogP contribution in [0.25, 0.3) is 0 Å². The molecule has 0 aromatic heterocycles. The molecule has 0 fully saturated rings. The minimum Gasteiger partial charge on any atom is -0.416 e. The van der Waals surface area contributed by atoms with E-state index in [1.165, 1.54) is 15.6 Å². The first kappa shape index (κ1) is 18.8. The standard InChI is InChI=1S/C15H30O3Si3/c1-16-19(4,5)13-11-10-12-14(20(6,7)17-2)15(13)21(8,9)18-3/h10-12H,1-9H3. The van der Waals surface area contributed by atoms with Crippen molar-refractivity contribution >= 4 is 40.5 Å². The topological polar surface area (TPSA) is 27.7 Å². The van der Waals surface area contributed by atoms with Crippen LogP contribution >= 0.6 is 0 Å². The highest BCUT2D eigenvalue weighted by Gasteiger charge is 2.40. The van der Waals surface area contributed by atoms with Crippen molar-refractivity contribution in [1.29, 1.82) is 0 Å². The van der Waals surface area contributed by atoms with E-state index in [-0.39, 0.29) is 0 Å². The van der Waals surface area contributed by atoms with Gasteiger partial charge < -0.3 is 13.3 Å². The molecular weight excluding hydrogens is 312 g/mol. The summed E-state index contributed by atoms with van der Waals surface area (Å²) in [5.41, 5.74) is 0. The van der Waals surface area contributed by atoms with Gasteiger partial charge in [0.2, 0.25) is 25.0 Å². The Kier molecular flexibility index (Phi) is 5.80. The van der Waals surface area contributed by atoms with Gasteiger partial charge in [0.25, 0.3) is 0 Å². The van der Waals surface area contributed by atoms with Gasteiger partial charge in [-0.25, -0.2) is 0 Å². The molecule has 21 heavy (non-hydrogen) atoms. The van der Waals surface area contributed by atoms with E-state index >= 15 is 0 Å². The lowest BCUT2D eigenvalue weighted by atomic mass is 10.3. The molecule has 0 saturated heterocycles. The highest BCUT2D eigenvalue weighted by Crippen LogP contribution is 2.11. The molecule has 3 nitrogen and oxygen atoms in total. The first-order valence-corrected chi connectivity index (χ1v) is 16.1. The molecular formula is C15H30O3Si3. The minimum absolute atomic E-state index is 1.36. The minimum atomic E-state index is -1.99. The molecule has 6 heteroatoms. The highest BCUT2D eigenvalue weighted by molar-refractivity contribution is 7.00. The van der Waals surface area contributed by atoms with E-state index in [4.69, 9.17) is 13.3 Å². The number of benzene rings is 1. The molecule has 120 valence electrons. The molecule has 0 aliphatic heterocycles. The second-order valence-electron chi connectivity index (χ2n) is 6.87. The molecule has 0 atom stereocenters. The smallest absolute Gasteiger partial charge is 0.217 e. The van der Waals surface area contributed by atoms with Crippen LogP contribution in [0.2, 0.25) is 39.3 Å². The van der Waals surface area contributed by atoms with Gasteiger partial charge in [0.05, 0.1) is 0 Å². The lowest BCUT2D eigenvalue weighted by molar-refractivity contribution is 0.411. The molecule has 0 unspecified atom stereocenters. The molecule has 1 rings (SSSR count). The monoisotopic (exact) mass is 342 g/mol. The third-order valence-electron chi connectivity index (χ3n) is 4.49. The summed E-state index contributed by atoms with van der Waals surface area (Å²) in [6, 6.07) is 6.60. The second kappa shape index (κ2) is 6.47. The predicted molar refractivity (Wildman–Crippen MR) is 98.8 cm³/mol. The van der Waals surface area contributed by atoms with E-state index in [1.807, 2.05) is 21.3 Å². The third kappa shape index (κ3) is 3.75. The van der Waals surface area contributed by atoms with Gasteiger partial charge in [0.1, 0.15) is 0 Å². The fraction of sp³-hybridized carbons (Fsp3) is 0.600. The van der Waals surface area contributed by atoms with Gasteiger partial charge in [-0.3, -0.25) is 0 Å². The van der Waals surface area contributed by atoms with E-state index in [0.29, 0.717) is 0 Å². The molecule has 0 aliphatic carbocycles. The van der Waals surface area contributed by atoms with Crippen LogP contribution in [0.15, 0.2) is 18.2 Å². The zero-order chi connectivity index (χ0) is 16.5. The fourth-order valence-electron chi connectivity index (χ4n) is 2.53. The molecule has 0 saturated carbocycles. The Hall–Kier alpha value is -0.249. The van der Waals surface area contributed by atoms with Crippen molar-refractivity contribution < 1.29 is 13.3 Å².